The van der Waals surface area contributed by atoms with Crippen LogP contribution in [0.3, 0.4) is 0 Å². The summed E-state index contributed by atoms with van der Waals surface area (Å²) < 4.78 is 51.2. The third-order valence-corrected chi connectivity index (χ3v) is 9.43. The fourth-order valence-electron chi connectivity index (χ4n) is 5.84. The molecular formula is C28H27Cl2F3N4O3S. The molecule has 1 amide bonds. The predicted molar refractivity (Wildman–Crippen MR) is 156 cm³/mol. The first-order chi connectivity index (χ1) is 19.4. The number of ether oxygens (including phenoxy) is 1. The number of amides is 1. The summed E-state index contributed by atoms with van der Waals surface area (Å²) >= 11 is 13.6. The van der Waals surface area contributed by atoms with Crippen molar-refractivity contribution >= 4 is 57.6 Å². The molecule has 2 aliphatic heterocycles. The van der Waals surface area contributed by atoms with E-state index in [2.05, 4.69) is 11.6 Å². The number of rotatable bonds is 5. The smallest absolute Gasteiger partial charge is 0.383 e. The van der Waals surface area contributed by atoms with Crippen molar-refractivity contribution < 1.29 is 22.7 Å². The first-order valence-corrected chi connectivity index (χ1v) is 14.6. The Labute approximate surface area is 248 Å². The fourth-order valence-corrected chi connectivity index (χ4v) is 7.46. The number of methoxy groups -OCH3 is 1. The molecule has 13 heteroatoms. The molecule has 0 aliphatic carbocycles. The molecule has 1 saturated heterocycles. The lowest BCUT2D eigenvalue weighted by Gasteiger charge is -2.45. The van der Waals surface area contributed by atoms with E-state index < -0.39 is 23.5 Å². The van der Waals surface area contributed by atoms with Crippen molar-refractivity contribution in [2.45, 2.75) is 43.0 Å². The summed E-state index contributed by atoms with van der Waals surface area (Å²) in [4.78, 5) is 34.2. The minimum absolute atomic E-state index is 0.0714. The maximum atomic E-state index is 14.8. The van der Waals surface area contributed by atoms with Crippen LogP contribution in [0, 0.1) is 0 Å². The number of halogens is 5. The average Bonchev–Trinajstić information content (AvgIpc) is 2.91. The van der Waals surface area contributed by atoms with Gasteiger partial charge in [0.2, 0.25) is 5.91 Å². The number of aromatic nitrogens is 2. The Kier molecular flexibility index (Phi) is 8.10. The van der Waals surface area contributed by atoms with Crippen molar-refractivity contribution in [2.75, 3.05) is 37.5 Å². The predicted octanol–water partition coefficient (Wildman–Crippen LogP) is 6.29. The molecule has 218 valence electrons. The molecular weight excluding hydrogens is 600 g/mol. The highest BCUT2D eigenvalue weighted by Crippen LogP contribution is 2.50. The van der Waals surface area contributed by atoms with E-state index in [0.29, 0.717) is 16.2 Å². The number of benzene rings is 2. The summed E-state index contributed by atoms with van der Waals surface area (Å²) in [6.07, 6.45) is -3.49. The number of anilines is 1. The normalized spacial score (nSPS) is 20.9. The Morgan fingerprint density at radius 1 is 1.20 bits per heavy atom. The molecule has 0 saturated carbocycles. The van der Waals surface area contributed by atoms with E-state index in [9.17, 15) is 22.8 Å². The first-order valence-electron chi connectivity index (χ1n) is 12.8. The van der Waals surface area contributed by atoms with Gasteiger partial charge in [0.25, 0.3) is 0 Å². The van der Waals surface area contributed by atoms with Gasteiger partial charge in [-0.2, -0.15) is 18.2 Å². The minimum atomic E-state index is -4.73. The second kappa shape index (κ2) is 11.2. The number of alkyl halides is 3. The maximum Gasteiger partial charge on any atom is 0.417 e. The number of carbonyl (C=O) groups excluding carboxylic acids is 1. The Hall–Kier alpha value is -2.73. The Balaban J connectivity index is 1.82. The van der Waals surface area contributed by atoms with Crippen LogP contribution in [0.2, 0.25) is 10.0 Å². The van der Waals surface area contributed by atoms with Crippen molar-refractivity contribution in [3.8, 4) is 11.1 Å². The third kappa shape index (κ3) is 5.22. The second-order valence-corrected chi connectivity index (χ2v) is 12.1. The van der Waals surface area contributed by atoms with Gasteiger partial charge < -0.3 is 14.5 Å². The van der Waals surface area contributed by atoms with Crippen molar-refractivity contribution in [3.05, 3.63) is 63.0 Å². The molecule has 1 aromatic heterocycles. The molecule has 0 spiro atoms. The van der Waals surface area contributed by atoms with Crippen LogP contribution in [-0.2, 0) is 15.7 Å². The molecule has 1 fully saturated rings. The molecule has 5 rings (SSSR count). The molecule has 2 aromatic carbocycles. The monoisotopic (exact) mass is 626 g/mol. The van der Waals surface area contributed by atoms with Gasteiger partial charge in [-0.3, -0.25) is 9.36 Å². The summed E-state index contributed by atoms with van der Waals surface area (Å²) in [7, 11) is 1.50. The number of hydrogen-bond donors (Lipinski definition) is 0. The van der Waals surface area contributed by atoms with E-state index in [4.69, 9.17) is 27.9 Å². The summed E-state index contributed by atoms with van der Waals surface area (Å²) in [6.45, 7) is 7.99. The SMILES string of the molecule is C=CC(=O)N1[C@H](C)CN(c2nc(=O)n3c4c(c(-c5ccc(Cl)c(Cl)c5)c(C(F)(F)F)cc24)SCC3COC)C[C@@H]1C. The first kappa shape index (κ1) is 29.8. The van der Waals surface area contributed by atoms with Crippen LogP contribution in [0.1, 0.15) is 25.5 Å². The van der Waals surface area contributed by atoms with Crippen LogP contribution in [0.4, 0.5) is 19.0 Å². The zero-order valence-electron chi connectivity index (χ0n) is 22.5. The van der Waals surface area contributed by atoms with Crippen molar-refractivity contribution in [3.63, 3.8) is 0 Å². The molecule has 0 N–H and O–H groups in total. The van der Waals surface area contributed by atoms with E-state index in [-0.39, 0.29) is 70.1 Å². The topological polar surface area (TPSA) is 67.7 Å². The van der Waals surface area contributed by atoms with Gasteiger partial charge in [-0.05, 0) is 43.7 Å². The number of carbonyl (C=O) groups is 1. The van der Waals surface area contributed by atoms with Crippen LogP contribution in [-0.4, -0.2) is 65.0 Å². The quantitative estimate of drug-likeness (QED) is 0.310. The average molecular weight is 628 g/mol. The van der Waals surface area contributed by atoms with Gasteiger partial charge in [-0.25, -0.2) is 4.79 Å². The van der Waals surface area contributed by atoms with Crippen molar-refractivity contribution in [1.29, 1.82) is 0 Å². The van der Waals surface area contributed by atoms with Gasteiger partial charge in [0.05, 0.1) is 33.8 Å². The molecule has 3 atom stereocenters. The van der Waals surface area contributed by atoms with Crippen LogP contribution in [0.25, 0.3) is 22.0 Å². The van der Waals surface area contributed by atoms with Gasteiger partial charge in [0.1, 0.15) is 5.82 Å². The van der Waals surface area contributed by atoms with Gasteiger partial charge >= 0.3 is 11.9 Å². The summed E-state index contributed by atoms with van der Waals surface area (Å²) in [5.41, 5.74) is -0.931. The zero-order chi connectivity index (χ0) is 29.8. The third-order valence-electron chi connectivity index (χ3n) is 7.45. The number of hydrogen-bond acceptors (Lipinski definition) is 6. The van der Waals surface area contributed by atoms with Crippen molar-refractivity contribution in [1.82, 2.24) is 14.5 Å². The molecule has 7 nitrogen and oxygen atoms in total. The highest BCUT2D eigenvalue weighted by Gasteiger charge is 2.40. The largest absolute Gasteiger partial charge is 0.417 e. The standard InChI is InChI=1S/C28H27Cl2F3N4O3S/c1-5-22(38)36-14(2)10-35(11-15(36)3)26-18-9-19(28(31,32)33)23(16-6-7-20(29)21(30)8-16)25-24(18)37(27(39)34-26)17(12-40-4)13-41-25/h5-9,14-15,17H,1,10-13H2,2-4H3/t14-,15+,17?. The summed E-state index contributed by atoms with van der Waals surface area (Å²) in [6, 6.07) is 4.38. The molecule has 0 radical (unpaired) electrons. The minimum Gasteiger partial charge on any atom is -0.383 e. The Morgan fingerprint density at radius 2 is 1.88 bits per heavy atom. The fraction of sp³-hybridized carbons (Fsp3) is 0.393. The van der Waals surface area contributed by atoms with Gasteiger partial charge in [-0.1, -0.05) is 35.8 Å². The van der Waals surface area contributed by atoms with Gasteiger partial charge in [-0.15, -0.1) is 11.8 Å². The second-order valence-electron chi connectivity index (χ2n) is 10.2. The Bertz CT molecular complexity index is 1600. The lowest BCUT2D eigenvalue weighted by atomic mass is 9.95. The van der Waals surface area contributed by atoms with E-state index in [0.717, 1.165) is 6.07 Å². The van der Waals surface area contributed by atoms with E-state index >= 15 is 0 Å². The van der Waals surface area contributed by atoms with E-state index in [1.165, 1.54) is 47.7 Å². The van der Waals surface area contributed by atoms with Crippen LogP contribution in [0.15, 0.2) is 46.6 Å². The van der Waals surface area contributed by atoms with Crippen LogP contribution < -0.4 is 10.6 Å². The van der Waals surface area contributed by atoms with Gasteiger partial charge in [0, 0.05) is 53.9 Å². The number of thioether (sulfide) groups is 1. The molecule has 1 unspecified atom stereocenters. The summed E-state index contributed by atoms with van der Waals surface area (Å²) in [5, 5.41) is 0.532. The lowest BCUT2D eigenvalue weighted by molar-refractivity contribution is -0.137. The lowest BCUT2D eigenvalue weighted by Crippen LogP contribution is -2.58. The maximum absolute atomic E-state index is 14.8. The summed E-state index contributed by atoms with van der Waals surface area (Å²) in [5.74, 6) is 0.221. The highest BCUT2D eigenvalue weighted by atomic mass is 35.5. The van der Waals surface area contributed by atoms with Crippen LogP contribution in [0.5, 0.6) is 0 Å². The molecule has 2 aliphatic rings. The molecule has 3 aromatic rings. The van der Waals surface area contributed by atoms with Crippen LogP contribution >= 0.6 is 35.0 Å². The molecule has 3 heterocycles. The molecule has 0 bridgehead atoms. The number of nitrogens with zero attached hydrogens (tertiary/aromatic N) is 4. The number of piperazine rings is 1. The van der Waals surface area contributed by atoms with Gasteiger partial charge in [0.15, 0.2) is 0 Å². The zero-order valence-corrected chi connectivity index (χ0v) is 24.8. The van der Waals surface area contributed by atoms with E-state index in [1.807, 2.05) is 13.8 Å². The highest BCUT2D eigenvalue weighted by molar-refractivity contribution is 7.99. The van der Waals surface area contributed by atoms with Crippen molar-refractivity contribution in [2.24, 2.45) is 0 Å². The Morgan fingerprint density at radius 3 is 2.46 bits per heavy atom. The van der Waals surface area contributed by atoms with E-state index in [1.54, 1.807) is 9.80 Å². The molecule has 41 heavy (non-hydrogen) atoms.